The summed E-state index contributed by atoms with van der Waals surface area (Å²) in [5, 5.41) is 0. The molecule has 18 heavy (non-hydrogen) atoms. The molecule has 0 bridgehead atoms. The summed E-state index contributed by atoms with van der Waals surface area (Å²) in [6.45, 7) is 5.01. The predicted molar refractivity (Wildman–Crippen MR) is 68.0 cm³/mol. The molecule has 1 aliphatic rings. The van der Waals surface area contributed by atoms with Gasteiger partial charge in [0.25, 0.3) is 0 Å². The Labute approximate surface area is 109 Å². The van der Waals surface area contributed by atoms with E-state index >= 15 is 0 Å². The molecule has 1 aliphatic carbocycles. The molecule has 1 saturated carbocycles. The van der Waals surface area contributed by atoms with Gasteiger partial charge in [0, 0.05) is 0 Å². The fourth-order valence-electron chi connectivity index (χ4n) is 1.72. The molecule has 0 aromatic rings. The van der Waals surface area contributed by atoms with Crippen LogP contribution < -0.4 is 0 Å². The lowest BCUT2D eigenvalue weighted by Gasteiger charge is -2.13. The zero-order valence-electron chi connectivity index (χ0n) is 11.5. The minimum Gasteiger partial charge on any atom is -0.466 e. The van der Waals surface area contributed by atoms with Crippen LogP contribution in [0, 0.1) is 5.41 Å². The second kappa shape index (κ2) is 7.39. The van der Waals surface area contributed by atoms with Crippen molar-refractivity contribution in [3.05, 3.63) is 0 Å². The van der Waals surface area contributed by atoms with Crippen LogP contribution in [0.5, 0.6) is 0 Å². The van der Waals surface area contributed by atoms with E-state index in [2.05, 4.69) is 0 Å². The van der Waals surface area contributed by atoms with Gasteiger partial charge in [-0.25, -0.2) is 0 Å². The Morgan fingerprint density at radius 1 is 1.00 bits per heavy atom. The van der Waals surface area contributed by atoms with Crippen molar-refractivity contribution in [3.63, 3.8) is 0 Å². The van der Waals surface area contributed by atoms with E-state index in [0.29, 0.717) is 13.2 Å². The Kier molecular flexibility index (Phi) is 6.16. The molecule has 0 amide bonds. The molecule has 0 saturated heterocycles. The van der Waals surface area contributed by atoms with E-state index in [4.69, 9.17) is 9.47 Å². The second-order valence-electron chi connectivity index (χ2n) is 5.02. The van der Waals surface area contributed by atoms with Crippen LogP contribution in [0.4, 0.5) is 0 Å². The number of esters is 2. The third-order valence-electron chi connectivity index (χ3n) is 3.26. The second-order valence-corrected chi connectivity index (χ2v) is 5.02. The minimum absolute atomic E-state index is 0.182. The standard InChI is InChI=1S/C14H24O4/c1-3-5-9-17-12(15)11-14(7-8-14)13(16)18-10-6-4-2/h3-11H2,1-2H3. The smallest absolute Gasteiger partial charge is 0.312 e. The first-order valence-electron chi connectivity index (χ1n) is 6.97. The fraction of sp³-hybridized carbons (Fsp3) is 0.857. The van der Waals surface area contributed by atoms with Gasteiger partial charge in [-0.2, -0.15) is 0 Å². The van der Waals surface area contributed by atoms with Gasteiger partial charge >= 0.3 is 11.9 Å². The summed E-state index contributed by atoms with van der Waals surface area (Å²) in [6.07, 6.45) is 5.43. The maximum atomic E-state index is 11.8. The molecule has 0 aliphatic heterocycles. The van der Waals surface area contributed by atoms with Crippen molar-refractivity contribution in [1.82, 2.24) is 0 Å². The molecule has 0 spiro atoms. The lowest BCUT2D eigenvalue weighted by atomic mass is 10.0. The van der Waals surface area contributed by atoms with Gasteiger partial charge in [-0.15, -0.1) is 0 Å². The van der Waals surface area contributed by atoms with E-state index in [-0.39, 0.29) is 18.4 Å². The number of carbonyl (C=O) groups is 2. The van der Waals surface area contributed by atoms with Gasteiger partial charge in [0.15, 0.2) is 0 Å². The van der Waals surface area contributed by atoms with Crippen molar-refractivity contribution in [3.8, 4) is 0 Å². The van der Waals surface area contributed by atoms with Crippen LogP contribution in [-0.4, -0.2) is 25.2 Å². The van der Waals surface area contributed by atoms with Gasteiger partial charge in [-0.3, -0.25) is 9.59 Å². The maximum Gasteiger partial charge on any atom is 0.312 e. The summed E-state index contributed by atoms with van der Waals surface area (Å²) >= 11 is 0. The van der Waals surface area contributed by atoms with Crippen LogP contribution in [0.1, 0.15) is 58.8 Å². The highest BCUT2D eigenvalue weighted by atomic mass is 16.5. The number of hydrogen-bond donors (Lipinski definition) is 0. The molecule has 0 aromatic carbocycles. The normalized spacial score (nSPS) is 16.1. The Morgan fingerprint density at radius 2 is 1.56 bits per heavy atom. The molecule has 1 fully saturated rings. The van der Waals surface area contributed by atoms with Crippen LogP contribution in [0.2, 0.25) is 0 Å². The highest BCUT2D eigenvalue weighted by Gasteiger charge is 2.53. The van der Waals surface area contributed by atoms with Crippen LogP contribution >= 0.6 is 0 Å². The zero-order valence-corrected chi connectivity index (χ0v) is 11.5. The summed E-state index contributed by atoms with van der Waals surface area (Å²) in [5.74, 6) is -0.489. The Morgan fingerprint density at radius 3 is 2.06 bits per heavy atom. The van der Waals surface area contributed by atoms with E-state index < -0.39 is 5.41 Å². The van der Waals surface area contributed by atoms with Crippen molar-refractivity contribution in [2.24, 2.45) is 5.41 Å². The molecule has 0 radical (unpaired) electrons. The number of hydrogen-bond acceptors (Lipinski definition) is 4. The highest BCUT2D eigenvalue weighted by molar-refractivity contribution is 5.85. The first kappa shape index (κ1) is 15.0. The van der Waals surface area contributed by atoms with Crippen molar-refractivity contribution < 1.29 is 19.1 Å². The van der Waals surface area contributed by atoms with Crippen molar-refractivity contribution in [2.45, 2.75) is 58.8 Å². The molecule has 0 atom stereocenters. The quantitative estimate of drug-likeness (QED) is 0.470. The van der Waals surface area contributed by atoms with Crippen molar-refractivity contribution in [1.29, 1.82) is 0 Å². The lowest BCUT2D eigenvalue weighted by molar-refractivity contribution is -0.157. The number of ether oxygens (including phenoxy) is 2. The summed E-state index contributed by atoms with van der Waals surface area (Å²) in [7, 11) is 0. The molecule has 0 heterocycles. The Hall–Kier alpha value is -1.06. The first-order valence-corrected chi connectivity index (χ1v) is 6.97. The van der Waals surface area contributed by atoms with Crippen LogP contribution in [0.15, 0.2) is 0 Å². The lowest BCUT2D eigenvalue weighted by Crippen LogP contribution is -2.24. The summed E-state index contributed by atoms with van der Waals surface area (Å²) in [5.41, 5.74) is -0.558. The monoisotopic (exact) mass is 256 g/mol. The third-order valence-corrected chi connectivity index (χ3v) is 3.26. The molecule has 0 N–H and O–H groups in total. The van der Waals surface area contributed by atoms with E-state index in [1.807, 2.05) is 13.8 Å². The molecule has 0 aromatic heterocycles. The molecule has 104 valence electrons. The number of carbonyl (C=O) groups excluding carboxylic acids is 2. The van der Waals surface area contributed by atoms with E-state index in [0.717, 1.165) is 38.5 Å². The molecule has 0 unspecified atom stereocenters. The van der Waals surface area contributed by atoms with Crippen LogP contribution in [0.25, 0.3) is 0 Å². The molecule has 4 nitrogen and oxygen atoms in total. The summed E-state index contributed by atoms with van der Waals surface area (Å²) < 4.78 is 10.3. The largest absolute Gasteiger partial charge is 0.466 e. The SMILES string of the molecule is CCCCOC(=O)CC1(C(=O)OCCCC)CC1. The van der Waals surface area contributed by atoms with Gasteiger partial charge in [0.1, 0.15) is 0 Å². The number of rotatable bonds is 9. The van der Waals surface area contributed by atoms with Crippen LogP contribution in [0.3, 0.4) is 0 Å². The van der Waals surface area contributed by atoms with E-state index in [1.54, 1.807) is 0 Å². The molecular weight excluding hydrogens is 232 g/mol. The summed E-state index contributed by atoms with van der Waals surface area (Å²) in [6, 6.07) is 0. The Balaban J connectivity index is 2.26. The van der Waals surface area contributed by atoms with Crippen molar-refractivity contribution in [2.75, 3.05) is 13.2 Å². The van der Waals surface area contributed by atoms with Crippen molar-refractivity contribution >= 4 is 11.9 Å². The first-order chi connectivity index (χ1) is 8.64. The van der Waals surface area contributed by atoms with Crippen LogP contribution in [-0.2, 0) is 19.1 Å². The van der Waals surface area contributed by atoms with Gasteiger partial charge in [-0.05, 0) is 25.7 Å². The molecular formula is C14H24O4. The Bertz CT molecular complexity index is 282. The van der Waals surface area contributed by atoms with Gasteiger partial charge in [-0.1, -0.05) is 26.7 Å². The topological polar surface area (TPSA) is 52.6 Å². The van der Waals surface area contributed by atoms with Gasteiger partial charge < -0.3 is 9.47 Å². The average molecular weight is 256 g/mol. The highest BCUT2D eigenvalue weighted by Crippen LogP contribution is 2.50. The summed E-state index contributed by atoms with van der Waals surface area (Å²) in [4.78, 5) is 23.4. The maximum absolute atomic E-state index is 11.8. The zero-order chi connectivity index (χ0) is 13.4. The minimum atomic E-state index is -0.558. The predicted octanol–water partition coefficient (Wildman–Crippen LogP) is 2.84. The van der Waals surface area contributed by atoms with E-state index in [9.17, 15) is 9.59 Å². The van der Waals surface area contributed by atoms with Gasteiger partial charge in [0.2, 0.25) is 0 Å². The number of unbranched alkanes of at least 4 members (excludes halogenated alkanes) is 2. The molecule has 1 rings (SSSR count). The van der Waals surface area contributed by atoms with E-state index in [1.165, 1.54) is 0 Å². The van der Waals surface area contributed by atoms with Gasteiger partial charge in [0.05, 0.1) is 25.0 Å². The third kappa shape index (κ3) is 4.67. The molecule has 4 heteroatoms. The average Bonchev–Trinajstić information content (AvgIpc) is 3.10. The fourth-order valence-corrected chi connectivity index (χ4v) is 1.72.